The molecule has 0 spiro atoms. The van der Waals surface area contributed by atoms with Gasteiger partial charge in [-0.2, -0.15) is 0 Å². The van der Waals surface area contributed by atoms with Crippen molar-refractivity contribution < 1.29 is 29.1 Å². The van der Waals surface area contributed by atoms with E-state index in [4.69, 9.17) is 9.47 Å². The van der Waals surface area contributed by atoms with Crippen LogP contribution in [0.4, 0.5) is 5.69 Å². The van der Waals surface area contributed by atoms with Crippen LogP contribution >= 0.6 is 0 Å². The molecule has 0 aliphatic rings. The van der Waals surface area contributed by atoms with E-state index in [1.54, 1.807) is 0 Å². The zero-order valence-electron chi connectivity index (χ0n) is 14.7. The zero-order chi connectivity index (χ0) is 20.0. The van der Waals surface area contributed by atoms with Crippen LogP contribution in [0.15, 0.2) is 42.5 Å². The Morgan fingerprint density at radius 3 is 2.41 bits per heavy atom. The van der Waals surface area contributed by atoms with Gasteiger partial charge in [-0.3, -0.25) is 14.9 Å². The molecular formula is C18H18N2O7. The summed E-state index contributed by atoms with van der Waals surface area (Å²) < 4.78 is 9.91. The Kier molecular flexibility index (Phi) is 6.32. The van der Waals surface area contributed by atoms with Gasteiger partial charge in [0.15, 0.2) is 0 Å². The van der Waals surface area contributed by atoms with Crippen molar-refractivity contribution in [1.29, 1.82) is 0 Å². The molecule has 0 aliphatic heterocycles. The number of nitrogens with zero attached hydrogens (tertiary/aromatic N) is 1. The number of esters is 1. The summed E-state index contributed by atoms with van der Waals surface area (Å²) in [5, 5.41) is 22.8. The zero-order valence-corrected chi connectivity index (χ0v) is 14.7. The lowest BCUT2D eigenvalue weighted by molar-refractivity contribution is -0.384. The van der Waals surface area contributed by atoms with Gasteiger partial charge in [0.05, 0.1) is 19.1 Å². The summed E-state index contributed by atoms with van der Waals surface area (Å²) in [5.41, 5.74) is 0.431. The number of nitrogens with one attached hydrogen (secondary N) is 1. The minimum absolute atomic E-state index is 0.00241. The number of benzene rings is 2. The van der Waals surface area contributed by atoms with Crippen molar-refractivity contribution in [1.82, 2.24) is 5.32 Å². The Hall–Kier alpha value is -3.62. The summed E-state index contributed by atoms with van der Waals surface area (Å²) in [6.45, 7) is 0. The molecular weight excluding hydrogens is 356 g/mol. The summed E-state index contributed by atoms with van der Waals surface area (Å²) in [4.78, 5) is 34.9. The second kappa shape index (κ2) is 8.65. The third kappa shape index (κ3) is 4.94. The minimum atomic E-state index is -1.09. The number of aromatic hydroxyl groups is 1. The Balaban J connectivity index is 2.28. The summed E-state index contributed by atoms with van der Waals surface area (Å²) >= 11 is 0. The van der Waals surface area contributed by atoms with E-state index in [1.165, 1.54) is 56.7 Å². The monoisotopic (exact) mass is 374 g/mol. The predicted octanol–water partition coefficient (Wildman–Crippen LogP) is 1.82. The number of rotatable bonds is 7. The fourth-order valence-corrected chi connectivity index (χ4v) is 2.45. The van der Waals surface area contributed by atoms with Crippen LogP contribution in [0.2, 0.25) is 0 Å². The van der Waals surface area contributed by atoms with E-state index in [1.807, 2.05) is 0 Å². The van der Waals surface area contributed by atoms with Gasteiger partial charge in [-0.1, -0.05) is 0 Å². The number of carbonyl (C=O) groups excluding carboxylic acids is 2. The van der Waals surface area contributed by atoms with Crippen LogP contribution in [0.1, 0.15) is 15.9 Å². The van der Waals surface area contributed by atoms with Crippen LogP contribution in [0.25, 0.3) is 0 Å². The van der Waals surface area contributed by atoms with Crippen molar-refractivity contribution in [2.24, 2.45) is 0 Å². The van der Waals surface area contributed by atoms with E-state index in [9.17, 15) is 24.8 Å². The predicted molar refractivity (Wildman–Crippen MR) is 94.7 cm³/mol. The molecule has 27 heavy (non-hydrogen) atoms. The Bertz CT molecular complexity index is 849. The van der Waals surface area contributed by atoms with Crippen LogP contribution < -0.4 is 10.1 Å². The van der Waals surface area contributed by atoms with Gasteiger partial charge >= 0.3 is 5.97 Å². The van der Waals surface area contributed by atoms with Crippen molar-refractivity contribution in [3.63, 3.8) is 0 Å². The van der Waals surface area contributed by atoms with Crippen molar-refractivity contribution in [3.8, 4) is 11.5 Å². The number of nitro benzene ring substituents is 1. The number of phenolic OH excluding ortho intramolecular Hbond substituents is 1. The fourth-order valence-electron chi connectivity index (χ4n) is 2.45. The van der Waals surface area contributed by atoms with Crippen molar-refractivity contribution in [2.45, 2.75) is 12.5 Å². The smallest absolute Gasteiger partial charge is 0.328 e. The number of hydrogen-bond acceptors (Lipinski definition) is 7. The molecule has 2 aromatic carbocycles. The number of nitro groups is 1. The summed E-state index contributed by atoms with van der Waals surface area (Å²) in [6.07, 6.45) is -0.0681. The lowest BCUT2D eigenvalue weighted by atomic mass is 10.0. The third-order valence-corrected chi connectivity index (χ3v) is 3.82. The average molecular weight is 374 g/mol. The van der Waals surface area contributed by atoms with Crippen molar-refractivity contribution in [3.05, 3.63) is 63.7 Å². The quantitative estimate of drug-likeness (QED) is 0.430. The van der Waals surface area contributed by atoms with E-state index in [-0.39, 0.29) is 23.4 Å². The molecule has 0 aliphatic carbocycles. The first-order valence-electron chi connectivity index (χ1n) is 7.84. The highest BCUT2D eigenvalue weighted by atomic mass is 16.6. The lowest BCUT2D eigenvalue weighted by Gasteiger charge is -2.18. The van der Waals surface area contributed by atoms with E-state index in [2.05, 4.69) is 5.32 Å². The third-order valence-electron chi connectivity index (χ3n) is 3.82. The summed E-state index contributed by atoms with van der Waals surface area (Å²) in [7, 11) is 2.57. The maximum absolute atomic E-state index is 12.4. The second-order valence-electron chi connectivity index (χ2n) is 5.55. The molecule has 0 unspecified atom stereocenters. The van der Waals surface area contributed by atoms with E-state index in [0.717, 1.165) is 0 Å². The van der Waals surface area contributed by atoms with Crippen LogP contribution in [0.3, 0.4) is 0 Å². The summed E-state index contributed by atoms with van der Waals surface area (Å²) in [6, 6.07) is 8.36. The molecule has 9 nitrogen and oxygen atoms in total. The molecule has 1 atom stereocenters. The first-order valence-corrected chi connectivity index (χ1v) is 7.84. The topological polar surface area (TPSA) is 128 Å². The SMILES string of the molecule is COC(=O)[C@H](Cc1cc([N+](=O)[O-])ccc1OC)NC(=O)c1ccc(O)cc1. The van der Waals surface area contributed by atoms with E-state index in [0.29, 0.717) is 11.3 Å². The molecule has 0 saturated heterocycles. The highest BCUT2D eigenvalue weighted by Gasteiger charge is 2.25. The number of non-ortho nitro benzene ring substituents is 1. The van der Waals surface area contributed by atoms with Gasteiger partial charge in [-0.05, 0) is 30.3 Å². The number of carbonyl (C=O) groups is 2. The Labute approximate surface area is 154 Å². The van der Waals surface area contributed by atoms with Gasteiger partial charge < -0.3 is 19.9 Å². The number of phenols is 1. The molecule has 2 N–H and O–H groups in total. The summed E-state index contributed by atoms with van der Waals surface area (Å²) in [5.74, 6) is -0.934. The van der Waals surface area contributed by atoms with E-state index < -0.39 is 22.8 Å². The molecule has 0 fully saturated rings. The number of hydrogen-bond donors (Lipinski definition) is 2. The fraction of sp³-hybridized carbons (Fsp3) is 0.222. The maximum atomic E-state index is 12.4. The molecule has 142 valence electrons. The largest absolute Gasteiger partial charge is 0.508 e. The van der Waals surface area contributed by atoms with Gasteiger partial charge in [0.2, 0.25) is 0 Å². The number of methoxy groups -OCH3 is 2. The molecule has 0 heterocycles. The molecule has 0 radical (unpaired) electrons. The van der Waals surface area contributed by atoms with Crippen LogP contribution in [-0.2, 0) is 16.0 Å². The van der Waals surface area contributed by atoms with Crippen molar-refractivity contribution >= 4 is 17.6 Å². The minimum Gasteiger partial charge on any atom is -0.508 e. The standard InChI is InChI=1S/C18H18N2O7/c1-26-16-8-5-13(20(24)25)9-12(16)10-15(18(23)27-2)19-17(22)11-3-6-14(21)7-4-11/h3-9,15,21H,10H2,1-2H3,(H,19,22)/t15-/m0/s1. The van der Waals surface area contributed by atoms with Crippen LogP contribution in [0.5, 0.6) is 11.5 Å². The average Bonchev–Trinajstić information content (AvgIpc) is 2.67. The molecule has 9 heteroatoms. The molecule has 0 saturated carbocycles. The molecule has 2 aromatic rings. The lowest BCUT2D eigenvalue weighted by Crippen LogP contribution is -2.43. The van der Waals surface area contributed by atoms with Gasteiger partial charge in [-0.15, -0.1) is 0 Å². The van der Waals surface area contributed by atoms with Crippen LogP contribution in [0, 0.1) is 10.1 Å². The normalized spacial score (nSPS) is 11.3. The molecule has 1 amide bonds. The van der Waals surface area contributed by atoms with Crippen LogP contribution in [-0.4, -0.2) is 42.2 Å². The first-order chi connectivity index (χ1) is 12.8. The number of ether oxygens (including phenoxy) is 2. The molecule has 0 aromatic heterocycles. The Morgan fingerprint density at radius 2 is 1.85 bits per heavy atom. The van der Waals surface area contributed by atoms with E-state index >= 15 is 0 Å². The first kappa shape index (κ1) is 19.7. The highest BCUT2D eigenvalue weighted by Crippen LogP contribution is 2.25. The van der Waals surface area contributed by atoms with Gasteiger partial charge in [0, 0.05) is 29.7 Å². The molecule has 0 bridgehead atoms. The number of amides is 1. The molecule has 2 rings (SSSR count). The Morgan fingerprint density at radius 1 is 1.19 bits per heavy atom. The second-order valence-corrected chi connectivity index (χ2v) is 5.55. The van der Waals surface area contributed by atoms with Gasteiger partial charge in [0.1, 0.15) is 17.5 Å². The van der Waals surface area contributed by atoms with Crippen molar-refractivity contribution in [2.75, 3.05) is 14.2 Å². The highest BCUT2D eigenvalue weighted by molar-refractivity contribution is 5.97. The van der Waals surface area contributed by atoms with Gasteiger partial charge in [-0.25, -0.2) is 4.79 Å². The maximum Gasteiger partial charge on any atom is 0.328 e. The van der Waals surface area contributed by atoms with Gasteiger partial charge in [0.25, 0.3) is 11.6 Å².